The van der Waals surface area contributed by atoms with E-state index in [4.69, 9.17) is 9.47 Å². The van der Waals surface area contributed by atoms with E-state index in [1.165, 1.54) is 0 Å². The number of nitrogens with one attached hydrogen (secondary N) is 2. The topological polar surface area (TPSA) is 59.6 Å². The molecule has 0 aliphatic heterocycles. The molecular weight excluding hydrogens is 292 g/mol. The Labute approximate surface area is 136 Å². The molecule has 0 radical (unpaired) electrons. The van der Waals surface area contributed by atoms with Gasteiger partial charge in [0.15, 0.2) is 0 Å². The predicted molar refractivity (Wildman–Crippen MR) is 92.6 cm³/mol. The number of carbonyl (C=O) groups excluding carboxylic acids is 1. The van der Waals surface area contributed by atoms with Crippen LogP contribution in [0.5, 0.6) is 11.5 Å². The Morgan fingerprint density at radius 1 is 1.00 bits per heavy atom. The summed E-state index contributed by atoms with van der Waals surface area (Å²) in [5, 5.41) is 6.02. The molecule has 0 aliphatic rings. The van der Waals surface area contributed by atoms with Crippen molar-refractivity contribution < 1.29 is 14.3 Å². The van der Waals surface area contributed by atoms with Gasteiger partial charge in [-0.15, -0.1) is 0 Å². The molecule has 0 unspecified atom stereocenters. The third-order valence-corrected chi connectivity index (χ3v) is 3.54. The summed E-state index contributed by atoms with van der Waals surface area (Å²) in [6.45, 7) is 4.21. The van der Waals surface area contributed by atoms with Crippen LogP contribution in [0.25, 0.3) is 0 Å². The smallest absolute Gasteiger partial charge is 0.243 e. The van der Waals surface area contributed by atoms with Gasteiger partial charge in [-0.05, 0) is 25.0 Å². The largest absolute Gasteiger partial charge is 0.497 e. The fourth-order valence-electron chi connectivity index (χ4n) is 2.35. The van der Waals surface area contributed by atoms with Gasteiger partial charge in [-0.25, -0.2) is 0 Å². The van der Waals surface area contributed by atoms with Gasteiger partial charge in [-0.1, -0.05) is 18.2 Å². The first-order chi connectivity index (χ1) is 11.0. The van der Waals surface area contributed by atoms with Crippen LogP contribution in [0.1, 0.15) is 11.1 Å². The molecule has 1 amide bonds. The second-order valence-electron chi connectivity index (χ2n) is 5.27. The molecule has 5 nitrogen and oxygen atoms in total. The summed E-state index contributed by atoms with van der Waals surface area (Å²) < 4.78 is 10.4. The van der Waals surface area contributed by atoms with E-state index >= 15 is 0 Å². The summed E-state index contributed by atoms with van der Waals surface area (Å²) >= 11 is 0. The summed E-state index contributed by atoms with van der Waals surface area (Å²) in [4.78, 5) is 12.2. The number of para-hydroxylation sites is 1. The highest BCUT2D eigenvalue weighted by atomic mass is 16.5. The van der Waals surface area contributed by atoms with Crippen LogP contribution in [0.2, 0.25) is 0 Å². The molecule has 0 aliphatic carbocycles. The Bertz CT molecular complexity index is 656. The molecule has 0 saturated carbocycles. The van der Waals surface area contributed by atoms with E-state index < -0.39 is 0 Å². The highest BCUT2D eigenvalue weighted by Gasteiger charge is 2.08. The number of methoxy groups -OCH3 is 2. The summed E-state index contributed by atoms with van der Waals surface area (Å²) in [7, 11) is 3.14. The first kappa shape index (κ1) is 16.7. The Morgan fingerprint density at radius 2 is 1.57 bits per heavy atom. The number of anilines is 2. The highest BCUT2D eigenvalue weighted by Crippen LogP contribution is 2.25. The number of hydrogen-bond donors (Lipinski definition) is 2. The summed E-state index contributed by atoms with van der Waals surface area (Å²) in [5.41, 5.74) is 3.85. The molecule has 0 heterocycles. The zero-order valence-corrected chi connectivity index (χ0v) is 13.9. The average Bonchev–Trinajstić information content (AvgIpc) is 2.53. The summed E-state index contributed by atoms with van der Waals surface area (Å²) in [5.74, 6) is 1.12. The van der Waals surface area contributed by atoms with E-state index in [9.17, 15) is 4.79 Å². The Hall–Kier alpha value is -2.69. The minimum absolute atomic E-state index is 0.136. The molecular formula is C18H22N2O3. The summed E-state index contributed by atoms with van der Waals surface area (Å²) in [6, 6.07) is 11.3. The molecule has 2 aromatic carbocycles. The molecule has 0 aromatic heterocycles. The van der Waals surface area contributed by atoms with Crippen LogP contribution in [-0.4, -0.2) is 26.7 Å². The van der Waals surface area contributed by atoms with Crippen molar-refractivity contribution in [2.24, 2.45) is 0 Å². The lowest BCUT2D eigenvalue weighted by atomic mass is 10.1. The number of benzene rings is 2. The maximum absolute atomic E-state index is 12.2. The van der Waals surface area contributed by atoms with Gasteiger partial charge in [0.1, 0.15) is 11.5 Å². The van der Waals surface area contributed by atoms with E-state index in [-0.39, 0.29) is 12.5 Å². The van der Waals surface area contributed by atoms with Crippen LogP contribution in [0, 0.1) is 13.8 Å². The molecule has 0 atom stereocenters. The van der Waals surface area contributed by atoms with Crippen molar-refractivity contribution in [3.8, 4) is 11.5 Å². The number of hydrogen-bond acceptors (Lipinski definition) is 4. The van der Waals surface area contributed by atoms with Crippen LogP contribution in [0.4, 0.5) is 11.4 Å². The van der Waals surface area contributed by atoms with Crippen molar-refractivity contribution in [2.45, 2.75) is 13.8 Å². The van der Waals surface area contributed by atoms with E-state index in [0.717, 1.165) is 16.8 Å². The van der Waals surface area contributed by atoms with Crippen molar-refractivity contribution >= 4 is 17.3 Å². The van der Waals surface area contributed by atoms with Crippen LogP contribution in [-0.2, 0) is 4.79 Å². The quantitative estimate of drug-likeness (QED) is 0.858. The van der Waals surface area contributed by atoms with Gasteiger partial charge < -0.3 is 20.1 Å². The van der Waals surface area contributed by atoms with E-state index in [1.807, 2.05) is 32.0 Å². The lowest BCUT2D eigenvalue weighted by Gasteiger charge is -2.13. The minimum Gasteiger partial charge on any atom is -0.497 e. The average molecular weight is 314 g/mol. The number of aryl methyl sites for hydroxylation is 2. The molecule has 0 spiro atoms. The van der Waals surface area contributed by atoms with E-state index in [0.29, 0.717) is 17.2 Å². The fraction of sp³-hybridized carbons (Fsp3) is 0.278. The molecule has 0 bridgehead atoms. The minimum atomic E-state index is -0.136. The zero-order chi connectivity index (χ0) is 16.8. The van der Waals surface area contributed by atoms with Crippen LogP contribution >= 0.6 is 0 Å². The SMILES string of the molecule is COc1cc(NC(=O)CNc2c(C)cccc2C)cc(OC)c1. The Kier molecular flexibility index (Phi) is 5.46. The lowest BCUT2D eigenvalue weighted by Crippen LogP contribution is -2.22. The molecule has 0 saturated heterocycles. The van der Waals surface area contributed by atoms with Gasteiger partial charge in [-0.2, -0.15) is 0 Å². The number of ether oxygens (including phenoxy) is 2. The Morgan fingerprint density at radius 3 is 2.09 bits per heavy atom. The van der Waals surface area contributed by atoms with E-state index in [1.54, 1.807) is 32.4 Å². The predicted octanol–water partition coefficient (Wildman–Crippen LogP) is 3.37. The van der Waals surface area contributed by atoms with Crippen LogP contribution < -0.4 is 20.1 Å². The van der Waals surface area contributed by atoms with Crippen LogP contribution in [0.15, 0.2) is 36.4 Å². The fourth-order valence-corrected chi connectivity index (χ4v) is 2.35. The highest BCUT2D eigenvalue weighted by molar-refractivity contribution is 5.94. The van der Waals surface area contributed by atoms with Crippen molar-refractivity contribution in [3.63, 3.8) is 0 Å². The van der Waals surface area contributed by atoms with Gasteiger partial charge in [0.05, 0.1) is 20.8 Å². The normalized spacial score (nSPS) is 10.1. The molecule has 2 aromatic rings. The van der Waals surface area contributed by atoms with Gasteiger partial charge in [0, 0.05) is 29.6 Å². The van der Waals surface area contributed by atoms with Gasteiger partial charge in [-0.3, -0.25) is 4.79 Å². The zero-order valence-electron chi connectivity index (χ0n) is 13.9. The molecule has 23 heavy (non-hydrogen) atoms. The van der Waals surface area contributed by atoms with Gasteiger partial charge in [0.2, 0.25) is 5.91 Å². The lowest BCUT2D eigenvalue weighted by molar-refractivity contribution is -0.114. The first-order valence-electron chi connectivity index (χ1n) is 7.36. The van der Waals surface area contributed by atoms with Crippen molar-refractivity contribution in [1.82, 2.24) is 0 Å². The second-order valence-corrected chi connectivity index (χ2v) is 5.27. The molecule has 122 valence electrons. The van der Waals surface area contributed by atoms with Gasteiger partial charge >= 0.3 is 0 Å². The van der Waals surface area contributed by atoms with Crippen molar-refractivity contribution in [1.29, 1.82) is 0 Å². The van der Waals surface area contributed by atoms with E-state index in [2.05, 4.69) is 10.6 Å². The maximum Gasteiger partial charge on any atom is 0.243 e. The number of carbonyl (C=O) groups is 1. The van der Waals surface area contributed by atoms with Crippen molar-refractivity contribution in [3.05, 3.63) is 47.5 Å². The maximum atomic E-state index is 12.2. The number of rotatable bonds is 6. The van der Waals surface area contributed by atoms with Gasteiger partial charge in [0.25, 0.3) is 0 Å². The standard InChI is InChI=1S/C18H22N2O3/c1-12-6-5-7-13(2)18(12)19-11-17(21)20-14-8-15(22-3)10-16(9-14)23-4/h5-10,19H,11H2,1-4H3,(H,20,21). The molecule has 0 fully saturated rings. The van der Waals surface area contributed by atoms with Crippen LogP contribution in [0.3, 0.4) is 0 Å². The first-order valence-corrected chi connectivity index (χ1v) is 7.36. The molecule has 2 rings (SSSR count). The third-order valence-electron chi connectivity index (χ3n) is 3.54. The monoisotopic (exact) mass is 314 g/mol. The second kappa shape index (κ2) is 7.54. The summed E-state index contributed by atoms with van der Waals surface area (Å²) in [6.07, 6.45) is 0. The molecule has 2 N–H and O–H groups in total. The molecule has 5 heteroatoms. The van der Waals surface area contributed by atoms with Crippen molar-refractivity contribution in [2.75, 3.05) is 31.4 Å². The Balaban J connectivity index is 2.02. The number of amides is 1. The third kappa shape index (κ3) is 4.39.